The Kier molecular flexibility index (Phi) is 12.2. The highest BCUT2D eigenvalue weighted by molar-refractivity contribution is 5.86. The Morgan fingerprint density at radius 3 is 0.853 bits per heavy atom. The zero-order chi connectivity index (χ0) is 26.7. The van der Waals surface area contributed by atoms with E-state index < -0.39 is 78.4 Å². The second-order valence-electron chi connectivity index (χ2n) is 6.99. The van der Waals surface area contributed by atoms with Crippen LogP contribution in [-0.4, -0.2) is 83.5 Å². The molecule has 14 heteroatoms. The third-order valence-electron chi connectivity index (χ3n) is 3.81. The molecular formula is C20H28O14. The van der Waals surface area contributed by atoms with Gasteiger partial charge < -0.3 is 33.5 Å². The Morgan fingerprint density at radius 1 is 0.441 bits per heavy atom. The molecule has 0 saturated carbocycles. The lowest BCUT2D eigenvalue weighted by Crippen LogP contribution is -2.39. The monoisotopic (exact) mass is 492 g/mol. The van der Waals surface area contributed by atoms with Gasteiger partial charge in [0.2, 0.25) is 0 Å². The number of carbonyl (C=O) groups is 7. The van der Waals surface area contributed by atoms with Crippen LogP contribution in [-0.2, 0) is 62.0 Å². The lowest BCUT2D eigenvalue weighted by Gasteiger charge is -2.20. The van der Waals surface area contributed by atoms with E-state index in [2.05, 4.69) is 9.47 Å². The summed E-state index contributed by atoms with van der Waals surface area (Å²) in [5, 5.41) is 8.71. The molecule has 192 valence electrons. The predicted molar refractivity (Wildman–Crippen MR) is 107 cm³/mol. The van der Waals surface area contributed by atoms with Gasteiger partial charge in [0, 0.05) is 6.92 Å². The number of carbonyl (C=O) groups excluding carboxylic acids is 6. The van der Waals surface area contributed by atoms with E-state index in [0.29, 0.717) is 0 Å². The van der Waals surface area contributed by atoms with Crippen LogP contribution in [0.15, 0.2) is 0 Å². The largest absolute Gasteiger partial charge is 0.479 e. The molecule has 34 heavy (non-hydrogen) atoms. The normalized spacial score (nSPS) is 15.7. The van der Waals surface area contributed by atoms with Crippen molar-refractivity contribution in [1.82, 2.24) is 0 Å². The number of hydrogen-bond donors (Lipinski definition) is 1. The summed E-state index contributed by atoms with van der Waals surface area (Å²) in [5.41, 5.74) is 0. The smallest absolute Gasteiger partial charge is 0.347 e. The molecular weight excluding hydrogens is 464 g/mol. The van der Waals surface area contributed by atoms with Crippen molar-refractivity contribution >= 4 is 41.8 Å². The molecule has 0 radical (unpaired) electrons. The van der Waals surface area contributed by atoms with Crippen LogP contribution in [0.25, 0.3) is 0 Å². The minimum absolute atomic E-state index is 0.732. The van der Waals surface area contributed by atoms with Crippen molar-refractivity contribution in [3.8, 4) is 0 Å². The van der Waals surface area contributed by atoms with Crippen molar-refractivity contribution in [2.75, 3.05) is 0 Å². The minimum atomic E-state index is -1.53. The molecule has 0 spiro atoms. The Labute approximate surface area is 194 Å². The van der Waals surface area contributed by atoms with E-state index >= 15 is 0 Å². The maximum absolute atomic E-state index is 12.1. The summed E-state index contributed by atoms with van der Waals surface area (Å²) >= 11 is 0. The number of aliphatic carboxylic acids is 1. The summed E-state index contributed by atoms with van der Waals surface area (Å²) < 4.78 is 28.4. The molecule has 0 aliphatic carbocycles. The van der Waals surface area contributed by atoms with Gasteiger partial charge in [-0.3, -0.25) is 4.79 Å². The fraction of sp³-hybridized carbons (Fsp3) is 0.650. The van der Waals surface area contributed by atoms with Crippen LogP contribution in [0.2, 0.25) is 0 Å². The summed E-state index contributed by atoms with van der Waals surface area (Å²) in [5.74, 6) is -7.70. The quantitative estimate of drug-likeness (QED) is 0.275. The van der Waals surface area contributed by atoms with E-state index in [1.807, 2.05) is 0 Å². The van der Waals surface area contributed by atoms with Gasteiger partial charge in [-0.2, -0.15) is 0 Å². The Morgan fingerprint density at radius 2 is 0.647 bits per heavy atom. The van der Waals surface area contributed by atoms with Gasteiger partial charge in [-0.25, -0.2) is 28.8 Å². The molecule has 0 aliphatic rings. The van der Waals surface area contributed by atoms with Gasteiger partial charge in [-0.1, -0.05) is 0 Å². The van der Waals surface area contributed by atoms with Crippen LogP contribution in [0.1, 0.15) is 48.5 Å². The first-order valence-electron chi connectivity index (χ1n) is 9.99. The summed E-state index contributed by atoms with van der Waals surface area (Å²) in [6.45, 7) is 7.94. The van der Waals surface area contributed by atoms with Crippen molar-refractivity contribution in [3.63, 3.8) is 0 Å². The lowest BCUT2D eigenvalue weighted by molar-refractivity contribution is -0.187. The van der Waals surface area contributed by atoms with Crippen LogP contribution in [0.5, 0.6) is 0 Å². The molecule has 0 aliphatic heterocycles. The maximum atomic E-state index is 12.1. The van der Waals surface area contributed by atoms with E-state index in [1.165, 1.54) is 6.92 Å². The molecule has 0 bridgehead atoms. The average molecular weight is 492 g/mol. The van der Waals surface area contributed by atoms with Crippen molar-refractivity contribution in [2.24, 2.45) is 0 Å². The van der Waals surface area contributed by atoms with Gasteiger partial charge in [0.05, 0.1) is 0 Å². The van der Waals surface area contributed by atoms with Crippen LogP contribution in [0.3, 0.4) is 0 Å². The Hall–Kier alpha value is -3.71. The number of rotatable bonds is 12. The molecule has 0 amide bonds. The van der Waals surface area contributed by atoms with Crippen molar-refractivity contribution < 1.29 is 67.1 Å². The number of hydrogen-bond acceptors (Lipinski definition) is 13. The summed E-state index contributed by atoms with van der Waals surface area (Å²) in [4.78, 5) is 81.1. The van der Waals surface area contributed by atoms with Gasteiger partial charge in [0.15, 0.2) is 36.6 Å². The summed E-state index contributed by atoms with van der Waals surface area (Å²) in [7, 11) is 0. The van der Waals surface area contributed by atoms with Crippen molar-refractivity contribution in [2.45, 2.75) is 85.1 Å². The average Bonchev–Trinajstić information content (AvgIpc) is 2.72. The first-order valence-corrected chi connectivity index (χ1v) is 9.99. The van der Waals surface area contributed by atoms with E-state index in [1.54, 1.807) is 0 Å². The number of ether oxygens (including phenoxy) is 6. The molecule has 1 N–H and O–H groups in total. The highest BCUT2D eigenvalue weighted by atomic mass is 16.6. The lowest BCUT2D eigenvalue weighted by atomic mass is 10.3. The summed E-state index contributed by atoms with van der Waals surface area (Å²) in [6, 6.07) is 0. The molecule has 0 aromatic carbocycles. The van der Waals surface area contributed by atoms with E-state index in [4.69, 9.17) is 24.1 Å². The van der Waals surface area contributed by atoms with Crippen LogP contribution < -0.4 is 0 Å². The number of carboxylic acids is 1. The minimum Gasteiger partial charge on any atom is -0.479 e. The molecule has 14 nitrogen and oxygen atoms in total. The zero-order valence-corrected chi connectivity index (χ0v) is 19.7. The molecule has 0 aromatic heterocycles. The van der Waals surface area contributed by atoms with E-state index in [9.17, 15) is 33.6 Å². The maximum Gasteiger partial charge on any atom is 0.347 e. The molecule has 0 unspecified atom stereocenters. The van der Waals surface area contributed by atoms with Crippen LogP contribution in [0.4, 0.5) is 0 Å². The first-order chi connectivity index (χ1) is 15.6. The van der Waals surface area contributed by atoms with Crippen LogP contribution in [0, 0.1) is 0 Å². The zero-order valence-electron chi connectivity index (χ0n) is 19.7. The second kappa shape index (κ2) is 13.7. The SMILES string of the molecule is CC(=O)O[C@@H](C)C(=O)O[C@H](C)C(=O)O[C@H](C)C(=O)O[C@H](C)C(=O)O[C@H](C)C(=O)O[C@H](C)C(=O)O. The second-order valence-corrected chi connectivity index (χ2v) is 6.99. The first kappa shape index (κ1) is 30.3. The van der Waals surface area contributed by atoms with E-state index in [0.717, 1.165) is 41.5 Å². The van der Waals surface area contributed by atoms with Gasteiger partial charge >= 0.3 is 41.8 Å². The summed E-state index contributed by atoms with van der Waals surface area (Å²) in [6.07, 6.45) is -8.73. The van der Waals surface area contributed by atoms with Crippen molar-refractivity contribution in [1.29, 1.82) is 0 Å². The molecule has 0 fully saturated rings. The molecule has 0 heterocycles. The molecule has 0 rings (SSSR count). The van der Waals surface area contributed by atoms with E-state index in [-0.39, 0.29) is 0 Å². The predicted octanol–water partition coefficient (Wildman–Crippen LogP) is -0.319. The highest BCUT2D eigenvalue weighted by Crippen LogP contribution is 2.08. The fourth-order valence-electron chi connectivity index (χ4n) is 1.89. The number of esters is 6. The Balaban J connectivity index is 4.68. The van der Waals surface area contributed by atoms with Gasteiger partial charge in [0.25, 0.3) is 0 Å². The number of carboxylic acid groups (broad SMARTS) is 1. The fourth-order valence-corrected chi connectivity index (χ4v) is 1.89. The van der Waals surface area contributed by atoms with Gasteiger partial charge in [0.1, 0.15) is 0 Å². The molecule has 0 aromatic rings. The highest BCUT2D eigenvalue weighted by Gasteiger charge is 2.31. The van der Waals surface area contributed by atoms with Crippen LogP contribution >= 0.6 is 0 Å². The van der Waals surface area contributed by atoms with Gasteiger partial charge in [-0.05, 0) is 41.5 Å². The van der Waals surface area contributed by atoms with Crippen molar-refractivity contribution in [3.05, 3.63) is 0 Å². The third kappa shape index (κ3) is 10.7. The third-order valence-corrected chi connectivity index (χ3v) is 3.81. The standard InChI is InChI=1S/C20H28O14/c1-8(15(22)23)30-17(25)10(3)32-19(27)12(5)34-20(28)13(6)33-18(26)11(4)31-16(24)9(2)29-14(7)21/h8-13H,1-7H3,(H,22,23)/t8-,9+,10-,11-,12-,13-/m1/s1. The molecule has 0 saturated heterocycles. The molecule has 6 atom stereocenters. The van der Waals surface area contributed by atoms with Gasteiger partial charge in [-0.15, -0.1) is 0 Å². The topological polar surface area (TPSA) is 195 Å². The Bertz CT molecular complexity index is 803.